The first-order chi connectivity index (χ1) is 8.38. The Morgan fingerprint density at radius 2 is 2.12 bits per heavy atom. The minimum Gasteiger partial charge on any atom is -0.379 e. The molecule has 0 radical (unpaired) electrons. The molecule has 90 valence electrons. The highest BCUT2D eigenvalue weighted by molar-refractivity contribution is 5.37. The van der Waals surface area contributed by atoms with E-state index < -0.39 is 0 Å². The first-order valence-corrected chi connectivity index (χ1v) is 5.96. The fourth-order valence-electron chi connectivity index (χ4n) is 1.92. The lowest BCUT2D eigenvalue weighted by molar-refractivity contribution is 0.0342. The number of hydrogen-bond donors (Lipinski definition) is 1. The second kappa shape index (κ2) is 6.41. The Bertz CT molecular complexity index is 414. The number of nitrogens with two attached hydrogens (primary N) is 1. The van der Waals surface area contributed by atoms with Crippen LogP contribution in [0.15, 0.2) is 24.3 Å². The fraction of sp³-hybridized carbons (Fsp3) is 0.429. The lowest BCUT2D eigenvalue weighted by Gasteiger charge is -2.26. The number of ether oxygens (including phenoxy) is 1. The summed E-state index contributed by atoms with van der Waals surface area (Å²) in [6, 6.07) is 8.35. The molecule has 1 aromatic carbocycles. The van der Waals surface area contributed by atoms with Gasteiger partial charge in [-0.05, 0) is 17.7 Å². The monoisotopic (exact) mass is 230 g/mol. The van der Waals surface area contributed by atoms with Crippen molar-refractivity contribution in [2.24, 2.45) is 5.73 Å². The molecule has 1 aromatic rings. The zero-order valence-corrected chi connectivity index (χ0v) is 9.98. The first kappa shape index (κ1) is 12.1. The van der Waals surface area contributed by atoms with Crippen molar-refractivity contribution < 1.29 is 4.74 Å². The molecule has 0 amide bonds. The molecule has 1 aliphatic rings. The summed E-state index contributed by atoms with van der Waals surface area (Å²) < 4.78 is 5.34. The summed E-state index contributed by atoms with van der Waals surface area (Å²) in [7, 11) is 0. The molecule has 0 bridgehead atoms. The summed E-state index contributed by atoms with van der Waals surface area (Å²) in [5, 5.41) is 0. The van der Waals surface area contributed by atoms with E-state index in [-0.39, 0.29) is 0 Å². The van der Waals surface area contributed by atoms with Crippen LogP contribution in [0.5, 0.6) is 0 Å². The van der Waals surface area contributed by atoms with Crippen LogP contribution in [0, 0.1) is 11.8 Å². The third-order valence-corrected chi connectivity index (χ3v) is 2.77. The Morgan fingerprint density at radius 1 is 1.29 bits per heavy atom. The van der Waals surface area contributed by atoms with Gasteiger partial charge in [-0.25, -0.2) is 0 Å². The summed E-state index contributed by atoms with van der Waals surface area (Å²) in [4.78, 5) is 2.40. The first-order valence-electron chi connectivity index (χ1n) is 5.96. The number of rotatable bonds is 2. The number of hydrogen-bond acceptors (Lipinski definition) is 3. The van der Waals surface area contributed by atoms with E-state index in [2.05, 4.69) is 34.9 Å². The van der Waals surface area contributed by atoms with Gasteiger partial charge in [-0.3, -0.25) is 4.90 Å². The van der Waals surface area contributed by atoms with Crippen LogP contribution in [0.2, 0.25) is 0 Å². The van der Waals surface area contributed by atoms with Gasteiger partial charge >= 0.3 is 0 Å². The summed E-state index contributed by atoms with van der Waals surface area (Å²) in [6.45, 7) is 5.09. The van der Waals surface area contributed by atoms with Crippen molar-refractivity contribution in [2.45, 2.75) is 6.54 Å². The second-order valence-corrected chi connectivity index (χ2v) is 4.09. The summed E-state index contributed by atoms with van der Waals surface area (Å²) in [5.41, 5.74) is 7.71. The van der Waals surface area contributed by atoms with E-state index in [4.69, 9.17) is 10.5 Å². The minimum atomic E-state index is 0.410. The third-order valence-electron chi connectivity index (χ3n) is 2.77. The Labute approximate surface area is 103 Å². The van der Waals surface area contributed by atoms with Crippen molar-refractivity contribution in [3.05, 3.63) is 35.4 Å². The largest absolute Gasteiger partial charge is 0.379 e. The summed E-state index contributed by atoms with van der Waals surface area (Å²) in [6.07, 6.45) is 0. The van der Waals surface area contributed by atoms with Crippen LogP contribution in [0.4, 0.5) is 0 Å². The molecule has 0 unspecified atom stereocenters. The average molecular weight is 230 g/mol. The SMILES string of the molecule is NCC#Cc1cccc(CN2CCOCC2)c1. The molecule has 0 aliphatic carbocycles. The van der Waals surface area contributed by atoms with Crippen molar-refractivity contribution in [1.29, 1.82) is 0 Å². The van der Waals surface area contributed by atoms with Gasteiger partial charge in [-0.1, -0.05) is 24.0 Å². The molecule has 3 heteroatoms. The highest BCUT2D eigenvalue weighted by Gasteiger charge is 2.10. The molecule has 1 heterocycles. The number of benzene rings is 1. The van der Waals surface area contributed by atoms with Crippen molar-refractivity contribution in [3.63, 3.8) is 0 Å². The molecule has 0 atom stereocenters. The molecule has 0 spiro atoms. The van der Waals surface area contributed by atoms with E-state index >= 15 is 0 Å². The van der Waals surface area contributed by atoms with Gasteiger partial charge in [0.15, 0.2) is 0 Å². The van der Waals surface area contributed by atoms with Crippen LogP contribution in [0.1, 0.15) is 11.1 Å². The third kappa shape index (κ3) is 3.86. The summed E-state index contributed by atoms with van der Waals surface area (Å²) >= 11 is 0. The van der Waals surface area contributed by atoms with Gasteiger partial charge in [-0.2, -0.15) is 0 Å². The molecule has 0 saturated carbocycles. The van der Waals surface area contributed by atoms with Gasteiger partial charge in [0.05, 0.1) is 19.8 Å². The predicted octanol–water partition coefficient (Wildman–Crippen LogP) is 0.829. The number of nitrogens with zero attached hydrogens (tertiary/aromatic N) is 1. The zero-order valence-electron chi connectivity index (χ0n) is 9.98. The molecular formula is C14H18N2O. The van der Waals surface area contributed by atoms with E-state index in [0.717, 1.165) is 38.4 Å². The average Bonchev–Trinajstić information content (AvgIpc) is 2.38. The van der Waals surface area contributed by atoms with E-state index in [0.29, 0.717) is 6.54 Å². The van der Waals surface area contributed by atoms with Gasteiger partial charge in [0.25, 0.3) is 0 Å². The molecule has 1 aliphatic heterocycles. The topological polar surface area (TPSA) is 38.5 Å². The van der Waals surface area contributed by atoms with Crippen molar-refractivity contribution in [1.82, 2.24) is 4.90 Å². The van der Waals surface area contributed by atoms with Gasteiger partial charge in [0.1, 0.15) is 0 Å². The molecule has 0 aromatic heterocycles. The molecule has 3 nitrogen and oxygen atoms in total. The zero-order chi connectivity index (χ0) is 11.9. The molecule has 2 rings (SSSR count). The second-order valence-electron chi connectivity index (χ2n) is 4.09. The maximum Gasteiger partial charge on any atom is 0.0594 e. The van der Waals surface area contributed by atoms with Gasteiger partial charge in [-0.15, -0.1) is 0 Å². The molecule has 1 saturated heterocycles. The molecule has 2 N–H and O–H groups in total. The maximum absolute atomic E-state index is 5.37. The normalized spacial score (nSPS) is 16.3. The highest BCUT2D eigenvalue weighted by atomic mass is 16.5. The molecule has 1 fully saturated rings. The lowest BCUT2D eigenvalue weighted by Crippen LogP contribution is -2.35. The van der Waals surface area contributed by atoms with E-state index in [1.165, 1.54) is 5.56 Å². The quantitative estimate of drug-likeness (QED) is 0.765. The Morgan fingerprint density at radius 3 is 2.88 bits per heavy atom. The maximum atomic E-state index is 5.37. The van der Waals surface area contributed by atoms with E-state index in [9.17, 15) is 0 Å². The van der Waals surface area contributed by atoms with E-state index in [1.54, 1.807) is 0 Å². The summed E-state index contributed by atoms with van der Waals surface area (Å²) in [5.74, 6) is 5.94. The van der Waals surface area contributed by atoms with Crippen LogP contribution in [-0.4, -0.2) is 37.7 Å². The predicted molar refractivity (Wildman–Crippen MR) is 68.5 cm³/mol. The van der Waals surface area contributed by atoms with Crippen molar-refractivity contribution in [3.8, 4) is 11.8 Å². The molecule has 17 heavy (non-hydrogen) atoms. The van der Waals surface area contributed by atoms with Crippen molar-refractivity contribution in [2.75, 3.05) is 32.8 Å². The van der Waals surface area contributed by atoms with Gasteiger partial charge < -0.3 is 10.5 Å². The van der Waals surface area contributed by atoms with E-state index in [1.807, 2.05) is 6.07 Å². The van der Waals surface area contributed by atoms with Gasteiger partial charge in [0, 0.05) is 25.2 Å². The highest BCUT2D eigenvalue weighted by Crippen LogP contribution is 2.09. The van der Waals surface area contributed by atoms with Crippen LogP contribution in [0.25, 0.3) is 0 Å². The lowest BCUT2D eigenvalue weighted by atomic mass is 10.1. The van der Waals surface area contributed by atoms with Crippen LogP contribution in [0.3, 0.4) is 0 Å². The smallest absolute Gasteiger partial charge is 0.0594 e. The van der Waals surface area contributed by atoms with Crippen LogP contribution >= 0.6 is 0 Å². The Balaban J connectivity index is 2.00. The van der Waals surface area contributed by atoms with Gasteiger partial charge in [0.2, 0.25) is 0 Å². The Kier molecular flexibility index (Phi) is 4.57. The van der Waals surface area contributed by atoms with Crippen molar-refractivity contribution >= 4 is 0 Å². The van der Waals surface area contributed by atoms with Crippen LogP contribution < -0.4 is 5.73 Å². The van der Waals surface area contributed by atoms with Crippen LogP contribution in [-0.2, 0) is 11.3 Å². The Hall–Kier alpha value is -1.34. The number of morpholine rings is 1. The molecular weight excluding hydrogens is 212 g/mol. The fourth-order valence-corrected chi connectivity index (χ4v) is 1.92. The standard InChI is InChI=1S/C14H18N2O/c15-6-2-5-13-3-1-4-14(11-13)12-16-7-9-17-10-8-16/h1,3-4,11H,6-10,12,15H2. The minimum absolute atomic E-state index is 0.410.